The first-order valence-electron chi connectivity index (χ1n) is 7.00. The second-order valence-corrected chi connectivity index (χ2v) is 5.59. The quantitative estimate of drug-likeness (QED) is 0.720. The van der Waals surface area contributed by atoms with Crippen molar-refractivity contribution in [2.75, 3.05) is 20.1 Å². The molecule has 0 fully saturated rings. The zero-order chi connectivity index (χ0) is 13.5. The van der Waals surface area contributed by atoms with Crippen LogP contribution in [0.1, 0.15) is 44.3 Å². The Hall–Kier alpha value is -0.800. The van der Waals surface area contributed by atoms with Crippen molar-refractivity contribution in [1.29, 1.82) is 0 Å². The van der Waals surface area contributed by atoms with E-state index >= 15 is 0 Å². The predicted molar refractivity (Wildman–Crippen MR) is 76.6 cm³/mol. The Morgan fingerprint density at radius 1 is 1.39 bits per heavy atom. The van der Waals surface area contributed by atoms with Crippen LogP contribution in [0.25, 0.3) is 0 Å². The molecule has 0 aliphatic heterocycles. The molecule has 0 atom stereocenters. The predicted octanol–water partition coefficient (Wildman–Crippen LogP) is 3.18. The number of rotatable bonds is 8. The maximum Gasteiger partial charge on any atom is 0.120 e. The van der Waals surface area contributed by atoms with E-state index in [4.69, 9.17) is 4.42 Å². The van der Waals surface area contributed by atoms with Crippen LogP contribution in [0.15, 0.2) is 10.5 Å². The van der Waals surface area contributed by atoms with Gasteiger partial charge in [-0.3, -0.25) is 4.90 Å². The van der Waals surface area contributed by atoms with Crippen LogP contribution in [0.4, 0.5) is 0 Å². The molecule has 0 unspecified atom stereocenters. The average Bonchev–Trinajstić information content (AvgIpc) is 2.58. The molecule has 0 aliphatic rings. The number of furan rings is 1. The Morgan fingerprint density at radius 2 is 2.11 bits per heavy atom. The third-order valence-electron chi connectivity index (χ3n) is 2.89. The maximum absolute atomic E-state index is 5.91. The highest BCUT2D eigenvalue weighted by Gasteiger charge is 2.10. The summed E-state index contributed by atoms with van der Waals surface area (Å²) in [5, 5.41) is 3.38. The standard InChI is InChI=1S/C15H28N2O/c1-6-7-16-9-15-13(4)8-14(18-15)11-17(5)10-12(2)3/h8,12,16H,6-7,9-11H2,1-5H3. The lowest BCUT2D eigenvalue weighted by Crippen LogP contribution is -2.22. The van der Waals surface area contributed by atoms with E-state index in [2.05, 4.69) is 51.0 Å². The molecule has 104 valence electrons. The van der Waals surface area contributed by atoms with E-state index in [0.717, 1.165) is 44.1 Å². The molecule has 1 heterocycles. The molecule has 0 bridgehead atoms. The van der Waals surface area contributed by atoms with Crippen LogP contribution >= 0.6 is 0 Å². The second kappa shape index (κ2) is 7.59. The Morgan fingerprint density at radius 3 is 2.72 bits per heavy atom. The highest BCUT2D eigenvalue weighted by molar-refractivity contribution is 5.20. The fraction of sp³-hybridized carbons (Fsp3) is 0.733. The van der Waals surface area contributed by atoms with Gasteiger partial charge in [-0.25, -0.2) is 0 Å². The summed E-state index contributed by atoms with van der Waals surface area (Å²) in [6.07, 6.45) is 1.16. The Bertz CT molecular complexity index is 344. The SMILES string of the molecule is CCCNCc1oc(CN(C)CC(C)C)cc1C. The van der Waals surface area contributed by atoms with Gasteiger partial charge < -0.3 is 9.73 Å². The van der Waals surface area contributed by atoms with E-state index < -0.39 is 0 Å². The molecular formula is C15H28N2O. The minimum Gasteiger partial charge on any atom is -0.463 e. The van der Waals surface area contributed by atoms with Gasteiger partial charge in [0.05, 0.1) is 13.1 Å². The normalized spacial score (nSPS) is 11.7. The Labute approximate surface area is 112 Å². The lowest BCUT2D eigenvalue weighted by Gasteiger charge is -2.17. The van der Waals surface area contributed by atoms with Gasteiger partial charge in [0.15, 0.2) is 0 Å². The molecule has 0 amide bonds. The molecule has 0 saturated carbocycles. The van der Waals surface area contributed by atoms with Crippen molar-refractivity contribution < 1.29 is 4.42 Å². The summed E-state index contributed by atoms with van der Waals surface area (Å²) < 4.78 is 5.91. The fourth-order valence-corrected chi connectivity index (χ4v) is 2.18. The summed E-state index contributed by atoms with van der Waals surface area (Å²) in [6, 6.07) is 2.17. The average molecular weight is 252 g/mol. The van der Waals surface area contributed by atoms with E-state index in [1.165, 1.54) is 5.56 Å². The van der Waals surface area contributed by atoms with E-state index in [1.807, 2.05) is 0 Å². The first-order valence-corrected chi connectivity index (χ1v) is 7.00. The second-order valence-electron chi connectivity index (χ2n) is 5.59. The smallest absolute Gasteiger partial charge is 0.120 e. The van der Waals surface area contributed by atoms with E-state index in [0.29, 0.717) is 5.92 Å². The third-order valence-corrected chi connectivity index (χ3v) is 2.89. The summed E-state index contributed by atoms with van der Waals surface area (Å²) in [5.74, 6) is 2.84. The molecule has 0 aromatic carbocycles. The zero-order valence-electron chi connectivity index (χ0n) is 12.5. The summed E-state index contributed by atoms with van der Waals surface area (Å²) in [6.45, 7) is 12.7. The van der Waals surface area contributed by atoms with Gasteiger partial charge in [-0.1, -0.05) is 20.8 Å². The van der Waals surface area contributed by atoms with Crippen molar-refractivity contribution >= 4 is 0 Å². The van der Waals surface area contributed by atoms with Crippen molar-refractivity contribution in [2.24, 2.45) is 5.92 Å². The fourth-order valence-electron chi connectivity index (χ4n) is 2.18. The molecule has 1 aromatic heterocycles. The molecule has 3 heteroatoms. The monoisotopic (exact) mass is 252 g/mol. The van der Waals surface area contributed by atoms with Gasteiger partial charge in [0, 0.05) is 6.54 Å². The molecule has 0 aliphatic carbocycles. The van der Waals surface area contributed by atoms with Gasteiger partial charge in [0.1, 0.15) is 11.5 Å². The molecule has 18 heavy (non-hydrogen) atoms. The van der Waals surface area contributed by atoms with E-state index in [9.17, 15) is 0 Å². The molecule has 1 N–H and O–H groups in total. The van der Waals surface area contributed by atoms with Crippen molar-refractivity contribution in [2.45, 2.75) is 47.2 Å². The van der Waals surface area contributed by atoms with Gasteiger partial charge in [0.25, 0.3) is 0 Å². The summed E-state index contributed by atoms with van der Waals surface area (Å²) in [4.78, 5) is 2.31. The van der Waals surface area contributed by atoms with Gasteiger partial charge >= 0.3 is 0 Å². The van der Waals surface area contributed by atoms with Gasteiger partial charge in [-0.2, -0.15) is 0 Å². The van der Waals surface area contributed by atoms with Crippen molar-refractivity contribution in [3.63, 3.8) is 0 Å². The molecule has 0 spiro atoms. The molecule has 0 saturated heterocycles. The van der Waals surface area contributed by atoms with Crippen molar-refractivity contribution in [1.82, 2.24) is 10.2 Å². The van der Waals surface area contributed by atoms with Crippen LogP contribution < -0.4 is 5.32 Å². The molecule has 0 radical (unpaired) electrons. The third kappa shape index (κ3) is 5.23. The zero-order valence-corrected chi connectivity index (χ0v) is 12.5. The number of hydrogen-bond acceptors (Lipinski definition) is 3. The van der Waals surface area contributed by atoms with Gasteiger partial charge in [0.2, 0.25) is 0 Å². The van der Waals surface area contributed by atoms with Gasteiger partial charge in [-0.15, -0.1) is 0 Å². The summed E-state index contributed by atoms with van der Waals surface area (Å²) in [7, 11) is 2.15. The maximum atomic E-state index is 5.91. The molecule has 1 rings (SSSR count). The van der Waals surface area contributed by atoms with Crippen molar-refractivity contribution in [3.8, 4) is 0 Å². The minimum atomic E-state index is 0.691. The number of nitrogens with one attached hydrogen (secondary N) is 1. The number of hydrogen-bond donors (Lipinski definition) is 1. The topological polar surface area (TPSA) is 28.4 Å². The van der Waals surface area contributed by atoms with E-state index in [1.54, 1.807) is 0 Å². The van der Waals surface area contributed by atoms with Crippen LogP contribution in [-0.4, -0.2) is 25.0 Å². The minimum absolute atomic E-state index is 0.691. The van der Waals surface area contributed by atoms with Crippen LogP contribution in [-0.2, 0) is 13.1 Å². The molecule has 3 nitrogen and oxygen atoms in total. The molecule has 1 aromatic rings. The first kappa shape index (κ1) is 15.3. The lowest BCUT2D eigenvalue weighted by atomic mass is 10.2. The largest absolute Gasteiger partial charge is 0.463 e. The molecular weight excluding hydrogens is 224 g/mol. The number of nitrogens with zero attached hydrogens (tertiary/aromatic N) is 1. The van der Waals surface area contributed by atoms with Crippen molar-refractivity contribution in [3.05, 3.63) is 23.2 Å². The van der Waals surface area contributed by atoms with Crippen LogP contribution in [0.2, 0.25) is 0 Å². The summed E-state index contributed by atoms with van der Waals surface area (Å²) >= 11 is 0. The van der Waals surface area contributed by atoms with Gasteiger partial charge in [-0.05, 0) is 44.5 Å². The summed E-state index contributed by atoms with van der Waals surface area (Å²) in [5.41, 5.74) is 1.26. The van der Waals surface area contributed by atoms with Crippen LogP contribution in [0.3, 0.4) is 0 Å². The highest BCUT2D eigenvalue weighted by atomic mass is 16.3. The Balaban J connectivity index is 2.49. The Kier molecular flexibility index (Phi) is 6.44. The lowest BCUT2D eigenvalue weighted by molar-refractivity contribution is 0.261. The number of aryl methyl sites for hydroxylation is 1. The highest BCUT2D eigenvalue weighted by Crippen LogP contribution is 2.16. The van der Waals surface area contributed by atoms with E-state index in [-0.39, 0.29) is 0 Å². The van der Waals surface area contributed by atoms with Crippen LogP contribution in [0.5, 0.6) is 0 Å². The first-order chi connectivity index (χ1) is 8.52. The van der Waals surface area contributed by atoms with Crippen LogP contribution in [0, 0.1) is 12.8 Å².